The molecule has 0 spiro atoms. The summed E-state index contributed by atoms with van der Waals surface area (Å²) in [5, 5.41) is 22.5. The van der Waals surface area contributed by atoms with Crippen molar-refractivity contribution in [2.75, 3.05) is 5.32 Å². The Hall–Kier alpha value is -2.83. The number of para-hydroxylation sites is 1. The van der Waals surface area contributed by atoms with Crippen molar-refractivity contribution in [1.82, 2.24) is 4.98 Å². The van der Waals surface area contributed by atoms with Crippen LogP contribution in [0.15, 0.2) is 42.6 Å². The van der Waals surface area contributed by atoms with E-state index in [1.807, 2.05) is 0 Å². The molecule has 0 fully saturated rings. The molecule has 2 aromatic carbocycles. The summed E-state index contributed by atoms with van der Waals surface area (Å²) in [7, 11) is 0. The number of benzene rings is 2. The number of halogens is 2. The van der Waals surface area contributed by atoms with Crippen molar-refractivity contribution in [3.8, 4) is 0 Å². The maximum absolute atomic E-state index is 11.6. The average Bonchev–Trinajstić information content (AvgIpc) is 2.54. The van der Waals surface area contributed by atoms with Crippen LogP contribution in [0.1, 0.15) is 20.7 Å². The minimum Gasteiger partial charge on any atom is -0.478 e. The normalized spacial score (nSPS) is 10.6. The maximum atomic E-state index is 11.6. The summed E-state index contributed by atoms with van der Waals surface area (Å²) in [5.41, 5.74) is 0.618. The van der Waals surface area contributed by atoms with E-state index in [1.54, 1.807) is 18.2 Å². The number of carbonyl (C=O) groups is 2. The number of aromatic carboxylic acids is 2. The van der Waals surface area contributed by atoms with Crippen molar-refractivity contribution < 1.29 is 19.8 Å². The fourth-order valence-electron chi connectivity index (χ4n) is 2.45. The van der Waals surface area contributed by atoms with Gasteiger partial charge in [0, 0.05) is 16.6 Å². The first-order chi connectivity index (χ1) is 11.9. The minimum absolute atomic E-state index is 0.00566. The van der Waals surface area contributed by atoms with Gasteiger partial charge in [0.05, 0.1) is 27.5 Å². The molecule has 0 atom stereocenters. The zero-order chi connectivity index (χ0) is 18.1. The summed E-state index contributed by atoms with van der Waals surface area (Å²) in [4.78, 5) is 27.1. The molecular weight excluding hydrogens is 367 g/mol. The smallest absolute Gasteiger partial charge is 0.339 e. The van der Waals surface area contributed by atoms with Crippen LogP contribution in [-0.4, -0.2) is 27.1 Å². The quantitative estimate of drug-likeness (QED) is 0.611. The van der Waals surface area contributed by atoms with Crippen LogP contribution < -0.4 is 5.32 Å². The van der Waals surface area contributed by atoms with Crippen molar-refractivity contribution in [3.05, 3.63) is 63.8 Å². The Bertz CT molecular complexity index is 1020. The van der Waals surface area contributed by atoms with E-state index >= 15 is 0 Å². The number of carboxylic acid groups (broad SMARTS) is 2. The summed E-state index contributed by atoms with van der Waals surface area (Å²) in [6.45, 7) is 0. The number of anilines is 2. The van der Waals surface area contributed by atoms with Gasteiger partial charge >= 0.3 is 11.9 Å². The molecule has 0 saturated carbocycles. The monoisotopic (exact) mass is 376 g/mol. The zero-order valence-electron chi connectivity index (χ0n) is 12.5. The molecule has 0 aliphatic heterocycles. The number of rotatable bonds is 4. The van der Waals surface area contributed by atoms with Crippen LogP contribution in [0, 0.1) is 0 Å². The van der Waals surface area contributed by atoms with E-state index < -0.39 is 11.9 Å². The Kier molecular flexibility index (Phi) is 4.48. The molecule has 1 heterocycles. The Morgan fingerprint density at radius 3 is 2.36 bits per heavy atom. The molecule has 3 rings (SSSR count). The van der Waals surface area contributed by atoms with Crippen molar-refractivity contribution in [3.63, 3.8) is 0 Å². The maximum Gasteiger partial charge on any atom is 0.339 e. The molecule has 0 bridgehead atoms. The summed E-state index contributed by atoms with van der Waals surface area (Å²) in [6, 6.07) is 9.16. The molecule has 3 N–H and O–H groups in total. The van der Waals surface area contributed by atoms with E-state index in [-0.39, 0.29) is 27.5 Å². The summed E-state index contributed by atoms with van der Waals surface area (Å²) < 4.78 is 0. The van der Waals surface area contributed by atoms with Gasteiger partial charge in [-0.1, -0.05) is 35.3 Å². The van der Waals surface area contributed by atoms with Crippen LogP contribution in [0.2, 0.25) is 10.0 Å². The lowest BCUT2D eigenvalue weighted by Crippen LogP contribution is -2.08. The van der Waals surface area contributed by atoms with Gasteiger partial charge in [-0.2, -0.15) is 0 Å². The molecule has 6 nitrogen and oxygen atoms in total. The predicted octanol–water partition coefficient (Wildman–Crippen LogP) is 4.68. The van der Waals surface area contributed by atoms with E-state index in [1.165, 1.54) is 24.4 Å². The molecule has 0 aliphatic carbocycles. The van der Waals surface area contributed by atoms with Crippen molar-refractivity contribution >= 4 is 57.4 Å². The van der Waals surface area contributed by atoms with Gasteiger partial charge in [-0.25, -0.2) is 9.59 Å². The van der Waals surface area contributed by atoms with Crippen molar-refractivity contribution in [2.45, 2.75) is 0 Å². The third kappa shape index (κ3) is 3.22. The van der Waals surface area contributed by atoms with Gasteiger partial charge in [-0.05, 0) is 24.3 Å². The molecule has 0 unspecified atom stereocenters. The topological polar surface area (TPSA) is 99.5 Å². The molecule has 0 saturated heterocycles. The Balaban J connectivity index is 2.29. The van der Waals surface area contributed by atoms with Gasteiger partial charge in [0.2, 0.25) is 0 Å². The molecule has 0 amide bonds. The fraction of sp³-hybridized carbons (Fsp3) is 0. The molecule has 1 aromatic heterocycles. The lowest BCUT2D eigenvalue weighted by molar-refractivity contribution is 0.0687. The number of hydrogen-bond donors (Lipinski definition) is 3. The number of fused-ring (bicyclic) bond motifs is 1. The first-order valence-electron chi connectivity index (χ1n) is 6.99. The Labute approximate surface area is 151 Å². The molecular formula is C17H10Cl2N2O4. The SMILES string of the molecule is O=C(O)c1ccccc1Nc1c(C(=O)O)cnc2cc(Cl)cc(Cl)c12. The van der Waals surface area contributed by atoms with Gasteiger partial charge in [-0.15, -0.1) is 0 Å². The standard InChI is InChI=1S/C17H10Cl2N2O4/c18-8-5-11(19)14-13(6-8)20-7-10(17(24)25)15(14)21-12-4-2-1-3-9(12)16(22)23/h1-7H,(H,20,21)(H,22,23)(H,24,25). The highest BCUT2D eigenvalue weighted by Crippen LogP contribution is 2.36. The summed E-state index contributed by atoms with van der Waals surface area (Å²) >= 11 is 12.2. The zero-order valence-corrected chi connectivity index (χ0v) is 14.0. The Morgan fingerprint density at radius 2 is 1.68 bits per heavy atom. The van der Waals surface area contributed by atoms with Crippen LogP contribution in [-0.2, 0) is 0 Å². The van der Waals surface area contributed by atoms with E-state index in [2.05, 4.69) is 10.3 Å². The van der Waals surface area contributed by atoms with Crippen LogP contribution in [0.4, 0.5) is 11.4 Å². The van der Waals surface area contributed by atoms with E-state index in [9.17, 15) is 19.8 Å². The lowest BCUT2D eigenvalue weighted by Gasteiger charge is -2.15. The predicted molar refractivity (Wildman–Crippen MR) is 95.4 cm³/mol. The van der Waals surface area contributed by atoms with Crippen LogP contribution in [0.25, 0.3) is 10.9 Å². The molecule has 8 heteroatoms. The first kappa shape index (κ1) is 17.0. The van der Waals surface area contributed by atoms with Gasteiger partial charge in [0.1, 0.15) is 5.56 Å². The van der Waals surface area contributed by atoms with Crippen molar-refractivity contribution in [2.24, 2.45) is 0 Å². The van der Waals surface area contributed by atoms with E-state index in [0.29, 0.717) is 15.9 Å². The third-order valence-electron chi connectivity index (χ3n) is 3.53. The number of pyridine rings is 1. The second-order valence-corrected chi connectivity index (χ2v) is 5.95. The highest BCUT2D eigenvalue weighted by atomic mass is 35.5. The van der Waals surface area contributed by atoms with Crippen molar-refractivity contribution in [1.29, 1.82) is 0 Å². The second kappa shape index (κ2) is 6.58. The number of carboxylic acids is 2. The highest BCUT2D eigenvalue weighted by Gasteiger charge is 2.19. The fourth-order valence-corrected chi connectivity index (χ4v) is 3.03. The van der Waals surface area contributed by atoms with Gasteiger partial charge in [0.15, 0.2) is 0 Å². The minimum atomic E-state index is -1.23. The molecule has 25 heavy (non-hydrogen) atoms. The number of nitrogens with zero attached hydrogens (tertiary/aromatic N) is 1. The largest absolute Gasteiger partial charge is 0.478 e. The molecule has 126 valence electrons. The van der Waals surface area contributed by atoms with E-state index in [0.717, 1.165) is 0 Å². The van der Waals surface area contributed by atoms with E-state index in [4.69, 9.17) is 23.2 Å². The molecule has 0 aliphatic rings. The summed E-state index contributed by atoms with van der Waals surface area (Å²) in [5.74, 6) is -2.37. The van der Waals surface area contributed by atoms with Gasteiger partial charge < -0.3 is 15.5 Å². The highest BCUT2D eigenvalue weighted by molar-refractivity contribution is 6.39. The third-order valence-corrected chi connectivity index (χ3v) is 4.05. The Morgan fingerprint density at radius 1 is 1.00 bits per heavy atom. The first-order valence-corrected chi connectivity index (χ1v) is 7.74. The molecule has 0 radical (unpaired) electrons. The van der Waals surface area contributed by atoms with Crippen LogP contribution in [0.3, 0.4) is 0 Å². The number of aromatic nitrogens is 1. The molecule has 3 aromatic rings. The summed E-state index contributed by atoms with van der Waals surface area (Å²) in [6.07, 6.45) is 1.17. The van der Waals surface area contributed by atoms with Crippen LogP contribution in [0.5, 0.6) is 0 Å². The average molecular weight is 377 g/mol. The van der Waals surface area contributed by atoms with Crippen LogP contribution >= 0.6 is 23.2 Å². The second-order valence-electron chi connectivity index (χ2n) is 5.11. The lowest BCUT2D eigenvalue weighted by atomic mass is 10.1. The van der Waals surface area contributed by atoms with Gasteiger partial charge in [-0.3, -0.25) is 4.98 Å². The number of hydrogen-bond acceptors (Lipinski definition) is 4. The number of nitrogens with one attached hydrogen (secondary N) is 1. The van der Waals surface area contributed by atoms with Gasteiger partial charge in [0.25, 0.3) is 0 Å².